The zero-order chi connectivity index (χ0) is 17.3. The van der Waals surface area contributed by atoms with Gasteiger partial charge in [-0.25, -0.2) is 8.51 Å². The summed E-state index contributed by atoms with van der Waals surface area (Å²) in [5, 5.41) is 0. The predicted octanol–water partition coefficient (Wildman–Crippen LogP) is 3.93. The summed E-state index contributed by atoms with van der Waals surface area (Å²) in [6.07, 6.45) is 1.76. The van der Waals surface area contributed by atoms with Crippen LogP contribution >= 0.6 is 0 Å². The number of hydrogen-bond acceptors (Lipinski definition) is 2. The van der Waals surface area contributed by atoms with E-state index in [2.05, 4.69) is 0 Å². The molecule has 1 aromatic rings. The van der Waals surface area contributed by atoms with Crippen molar-refractivity contribution in [3.63, 3.8) is 0 Å². The number of morpholine rings is 1. The van der Waals surface area contributed by atoms with E-state index in [-0.39, 0.29) is 23.1 Å². The van der Waals surface area contributed by atoms with Gasteiger partial charge >= 0.3 is 6.18 Å². The summed E-state index contributed by atoms with van der Waals surface area (Å²) in [5.41, 5.74) is -0.770. The summed E-state index contributed by atoms with van der Waals surface area (Å²) in [6, 6.07) is 4.73. The van der Waals surface area contributed by atoms with Crippen molar-refractivity contribution in [3.8, 4) is 0 Å². The SMILES string of the molecule is CC[C@H]1CN(S(=O)c2cccc(C(F)(F)F)c2)C2CC=CC[C@@H]2O1. The second kappa shape index (κ2) is 6.98. The Morgan fingerprint density at radius 2 is 2.04 bits per heavy atom. The van der Waals surface area contributed by atoms with Gasteiger partial charge in [0.05, 0.1) is 28.7 Å². The molecule has 4 atom stereocenters. The van der Waals surface area contributed by atoms with E-state index in [0.717, 1.165) is 25.0 Å². The molecule has 7 heteroatoms. The lowest BCUT2D eigenvalue weighted by Gasteiger charge is -2.44. The van der Waals surface area contributed by atoms with E-state index < -0.39 is 22.7 Å². The lowest BCUT2D eigenvalue weighted by Crippen LogP contribution is -2.55. The monoisotopic (exact) mass is 359 g/mol. The van der Waals surface area contributed by atoms with Crippen LogP contribution < -0.4 is 0 Å². The van der Waals surface area contributed by atoms with Crippen molar-refractivity contribution in [2.24, 2.45) is 0 Å². The molecule has 1 aliphatic carbocycles. The Hall–Kier alpha value is -1.18. The number of nitrogens with zero attached hydrogens (tertiary/aromatic N) is 1. The number of rotatable bonds is 3. The van der Waals surface area contributed by atoms with Crippen LogP contribution in [0.5, 0.6) is 0 Å². The number of hydrogen-bond donors (Lipinski definition) is 0. The molecule has 2 aliphatic rings. The molecule has 3 nitrogen and oxygen atoms in total. The van der Waals surface area contributed by atoms with Gasteiger partial charge in [0.25, 0.3) is 0 Å². The first kappa shape index (κ1) is 17.6. The highest BCUT2D eigenvalue weighted by atomic mass is 32.2. The molecule has 0 saturated carbocycles. The number of alkyl halides is 3. The van der Waals surface area contributed by atoms with Crippen LogP contribution in [0.15, 0.2) is 41.3 Å². The molecule has 1 aromatic carbocycles. The molecule has 0 spiro atoms. The van der Waals surface area contributed by atoms with Gasteiger partial charge in [0.1, 0.15) is 11.0 Å². The fourth-order valence-corrected chi connectivity index (χ4v) is 4.65. The molecule has 1 aliphatic heterocycles. The van der Waals surface area contributed by atoms with Crippen molar-refractivity contribution in [1.29, 1.82) is 0 Å². The first-order chi connectivity index (χ1) is 11.4. The summed E-state index contributed by atoms with van der Waals surface area (Å²) in [6.45, 7) is 2.46. The van der Waals surface area contributed by atoms with Crippen LogP contribution in [0.4, 0.5) is 13.2 Å². The molecule has 2 unspecified atom stereocenters. The Bertz CT molecular complexity index is 647. The van der Waals surface area contributed by atoms with Crippen molar-refractivity contribution >= 4 is 11.0 Å². The minimum Gasteiger partial charge on any atom is -0.372 e. The van der Waals surface area contributed by atoms with E-state index in [1.807, 2.05) is 19.1 Å². The van der Waals surface area contributed by atoms with Crippen molar-refractivity contribution in [1.82, 2.24) is 4.31 Å². The maximum atomic E-state index is 13.0. The van der Waals surface area contributed by atoms with Gasteiger partial charge in [-0.1, -0.05) is 25.1 Å². The highest BCUT2D eigenvalue weighted by molar-refractivity contribution is 7.82. The van der Waals surface area contributed by atoms with E-state index >= 15 is 0 Å². The van der Waals surface area contributed by atoms with E-state index in [1.165, 1.54) is 12.1 Å². The van der Waals surface area contributed by atoms with Crippen LogP contribution in [-0.2, 0) is 21.9 Å². The third-order valence-corrected chi connectivity index (χ3v) is 6.00. The fourth-order valence-electron chi connectivity index (χ4n) is 3.18. The van der Waals surface area contributed by atoms with Crippen molar-refractivity contribution in [2.75, 3.05) is 6.54 Å². The molecule has 24 heavy (non-hydrogen) atoms. The molecule has 1 saturated heterocycles. The van der Waals surface area contributed by atoms with Gasteiger partial charge in [-0.15, -0.1) is 0 Å². The minimum absolute atomic E-state index is 0.0486. The molecule has 3 rings (SSSR count). The van der Waals surface area contributed by atoms with Gasteiger partial charge in [0.15, 0.2) is 0 Å². The molecule has 0 N–H and O–H groups in total. The number of fused-ring (bicyclic) bond motifs is 1. The second-order valence-corrected chi connectivity index (χ2v) is 7.53. The summed E-state index contributed by atoms with van der Waals surface area (Å²) in [7, 11) is -1.64. The Morgan fingerprint density at radius 1 is 1.29 bits per heavy atom. The molecule has 0 radical (unpaired) electrons. The summed E-state index contributed by atoms with van der Waals surface area (Å²) < 4.78 is 59.6. The first-order valence-electron chi connectivity index (χ1n) is 8.06. The Morgan fingerprint density at radius 3 is 2.75 bits per heavy atom. The van der Waals surface area contributed by atoms with E-state index in [4.69, 9.17) is 4.74 Å². The zero-order valence-corrected chi connectivity index (χ0v) is 14.1. The van der Waals surface area contributed by atoms with Gasteiger partial charge in [-0.2, -0.15) is 13.2 Å². The van der Waals surface area contributed by atoms with E-state index in [9.17, 15) is 17.4 Å². The van der Waals surface area contributed by atoms with Crippen LogP contribution in [0, 0.1) is 0 Å². The van der Waals surface area contributed by atoms with Gasteiger partial charge in [0, 0.05) is 6.54 Å². The normalized spacial score (nSPS) is 29.2. The Kier molecular flexibility index (Phi) is 5.13. The maximum Gasteiger partial charge on any atom is 0.416 e. The fraction of sp³-hybridized carbons (Fsp3) is 0.529. The van der Waals surface area contributed by atoms with E-state index in [1.54, 1.807) is 4.31 Å². The molecule has 1 fully saturated rings. The number of benzene rings is 1. The number of ether oxygens (including phenoxy) is 1. The Balaban J connectivity index is 1.88. The maximum absolute atomic E-state index is 13.0. The molecule has 0 bridgehead atoms. The summed E-state index contributed by atoms with van der Waals surface area (Å²) in [5.74, 6) is 0. The Labute approximate surface area is 142 Å². The molecule has 0 aromatic heterocycles. The summed E-state index contributed by atoms with van der Waals surface area (Å²) in [4.78, 5) is 0.190. The van der Waals surface area contributed by atoms with Gasteiger partial charge in [-0.3, -0.25) is 0 Å². The van der Waals surface area contributed by atoms with Gasteiger partial charge in [0.2, 0.25) is 0 Å². The topological polar surface area (TPSA) is 29.5 Å². The zero-order valence-electron chi connectivity index (χ0n) is 13.3. The minimum atomic E-state index is -4.44. The van der Waals surface area contributed by atoms with Crippen molar-refractivity contribution in [2.45, 2.75) is 55.5 Å². The average molecular weight is 359 g/mol. The first-order valence-corrected chi connectivity index (χ1v) is 9.17. The smallest absolute Gasteiger partial charge is 0.372 e. The molecular formula is C17H20F3NO2S. The molecule has 1 heterocycles. The lowest BCUT2D eigenvalue weighted by atomic mass is 9.96. The average Bonchev–Trinajstić information content (AvgIpc) is 2.59. The molecule has 0 amide bonds. The van der Waals surface area contributed by atoms with Crippen molar-refractivity contribution < 1.29 is 22.1 Å². The van der Waals surface area contributed by atoms with Crippen LogP contribution in [0.2, 0.25) is 0 Å². The molecular weight excluding hydrogens is 339 g/mol. The highest BCUT2D eigenvalue weighted by Crippen LogP contribution is 2.33. The predicted molar refractivity (Wildman–Crippen MR) is 85.7 cm³/mol. The number of halogens is 3. The van der Waals surface area contributed by atoms with Gasteiger partial charge in [-0.05, 0) is 37.5 Å². The third-order valence-electron chi connectivity index (χ3n) is 4.49. The van der Waals surface area contributed by atoms with Crippen LogP contribution in [-0.4, -0.2) is 33.3 Å². The van der Waals surface area contributed by atoms with Crippen molar-refractivity contribution in [3.05, 3.63) is 42.0 Å². The highest BCUT2D eigenvalue weighted by Gasteiger charge is 2.40. The largest absolute Gasteiger partial charge is 0.416 e. The summed E-state index contributed by atoms with van der Waals surface area (Å²) >= 11 is 0. The van der Waals surface area contributed by atoms with E-state index in [0.29, 0.717) is 13.0 Å². The standard InChI is InChI=1S/C17H20F3NO2S/c1-2-13-11-21(15-8-3-4-9-16(15)23-13)24(22)14-7-5-6-12(10-14)17(18,19)20/h3-7,10,13,15-16H,2,8-9,11H2,1H3/t13-,15?,16-,24?/m0/s1. The lowest BCUT2D eigenvalue weighted by molar-refractivity contribution is -0.137. The van der Waals surface area contributed by atoms with Crippen LogP contribution in [0.3, 0.4) is 0 Å². The van der Waals surface area contributed by atoms with Crippen LogP contribution in [0.25, 0.3) is 0 Å². The van der Waals surface area contributed by atoms with Crippen LogP contribution in [0.1, 0.15) is 31.7 Å². The second-order valence-electron chi connectivity index (χ2n) is 6.09. The quantitative estimate of drug-likeness (QED) is 0.766. The molecule has 132 valence electrons. The van der Waals surface area contributed by atoms with Gasteiger partial charge < -0.3 is 4.74 Å². The third kappa shape index (κ3) is 3.58.